The second-order valence-corrected chi connectivity index (χ2v) is 4.48. The van der Waals surface area contributed by atoms with Gasteiger partial charge in [-0.2, -0.15) is 15.6 Å². The van der Waals surface area contributed by atoms with Gasteiger partial charge in [0.05, 0.1) is 25.0 Å². The Hall–Kier alpha value is -3.45. The van der Waals surface area contributed by atoms with Crippen LogP contribution < -0.4 is 15.2 Å². The molecule has 7 heteroatoms. The number of hydrogen-bond donors (Lipinski definition) is 2. The summed E-state index contributed by atoms with van der Waals surface area (Å²) in [6.45, 7) is 2.40. The molecule has 7 nitrogen and oxygen atoms in total. The summed E-state index contributed by atoms with van der Waals surface area (Å²) < 4.78 is 10.7. The predicted molar refractivity (Wildman–Crippen MR) is 85.4 cm³/mol. The van der Waals surface area contributed by atoms with Gasteiger partial charge in [-0.3, -0.25) is 5.10 Å². The van der Waals surface area contributed by atoms with Gasteiger partial charge in [-0.15, -0.1) is 0 Å². The number of aromatic nitrogens is 2. The fourth-order valence-corrected chi connectivity index (χ4v) is 2.04. The van der Waals surface area contributed by atoms with Gasteiger partial charge < -0.3 is 15.2 Å². The second-order valence-electron chi connectivity index (χ2n) is 4.48. The van der Waals surface area contributed by atoms with E-state index in [1.807, 2.05) is 19.1 Å². The normalized spacial score (nSPS) is 10.7. The van der Waals surface area contributed by atoms with E-state index in [4.69, 9.17) is 20.5 Å². The summed E-state index contributed by atoms with van der Waals surface area (Å²) in [6.07, 6.45) is 1.62. The van der Waals surface area contributed by atoms with Crippen molar-refractivity contribution in [3.05, 3.63) is 35.0 Å². The van der Waals surface area contributed by atoms with Gasteiger partial charge in [-0.05, 0) is 30.7 Å². The van der Waals surface area contributed by atoms with Gasteiger partial charge in [0.1, 0.15) is 17.7 Å². The molecule has 0 fully saturated rings. The minimum absolute atomic E-state index is 0.0629. The van der Waals surface area contributed by atoms with Gasteiger partial charge >= 0.3 is 0 Å². The minimum Gasteiger partial charge on any atom is -0.493 e. The average Bonchev–Trinajstić information content (AvgIpc) is 2.94. The molecule has 0 spiro atoms. The number of nitrogens with one attached hydrogen (secondary N) is 1. The maximum absolute atomic E-state index is 9.36. The number of nitrogens with zero attached hydrogens (tertiary/aromatic N) is 3. The first-order valence-electron chi connectivity index (χ1n) is 6.81. The number of methoxy groups -OCH3 is 1. The molecule has 0 radical (unpaired) electrons. The molecule has 0 atom stereocenters. The first-order chi connectivity index (χ1) is 11.1. The van der Waals surface area contributed by atoms with Crippen LogP contribution >= 0.6 is 0 Å². The third kappa shape index (κ3) is 3.25. The maximum Gasteiger partial charge on any atom is 0.163 e. The van der Waals surface area contributed by atoms with Crippen LogP contribution in [0.5, 0.6) is 11.5 Å². The number of nitrogen functional groups attached to an aromatic ring is 1. The molecule has 1 heterocycles. The first-order valence-corrected chi connectivity index (χ1v) is 6.81. The number of ether oxygens (including phenoxy) is 2. The molecule has 2 rings (SSSR count). The van der Waals surface area contributed by atoms with Crippen LogP contribution in [0.15, 0.2) is 18.2 Å². The number of allylic oxidation sites excluding steroid dienone is 1. The van der Waals surface area contributed by atoms with E-state index >= 15 is 0 Å². The van der Waals surface area contributed by atoms with Crippen molar-refractivity contribution < 1.29 is 9.47 Å². The van der Waals surface area contributed by atoms with Gasteiger partial charge in [0, 0.05) is 0 Å². The van der Waals surface area contributed by atoms with Crippen LogP contribution in [0.3, 0.4) is 0 Å². The Morgan fingerprint density at radius 1 is 1.39 bits per heavy atom. The molecule has 0 aliphatic carbocycles. The van der Waals surface area contributed by atoms with Crippen LogP contribution in [0.1, 0.15) is 23.7 Å². The number of aromatic amines is 1. The molecule has 2 aromatic rings. The smallest absolute Gasteiger partial charge is 0.163 e. The summed E-state index contributed by atoms with van der Waals surface area (Å²) in [5.41, 5.74) is 7.01. The topological polar surface area (TPSA) is 121 Å². The Balaban J connectivity index is 2.47. The summed E-state index contributed by atoms with van der Waals surface area (Å²) in [6, 6.07) is 9.27. The number of nitriles is 2. The number of benzene rings is 1. The molecule has 23 heavy (non-hydrogen) atoms. The van der Waals surface area contributed by atoms with E-state index < -0.39 is 0 Å². The number of anilines is 1. The fraction of sp³-hybridized carbons (Fsp3) is 0.188. The van der Waals surface area contributed by atoms with Gasteiger partial charge in [0.2, 0.25) is 0 Å². The van der Waals surface area contributed by atoms with Crippen LogP contribution in [-0.4, -0.2) is 23.9 Å². The van der Waals surface area contributed by atoms with Crippen molar-refractivity contribution in [2.75, 3.05) is 19.5 Å². The largest absolute Gasteiger partial charge is 0.493 e. The molecule has 3 N–H and O–H groups in total. The zero-order valence-electron chi connectivity index (χ0n) is 12.8. The van der Waals surface area contributed by atoms with Gasteiger partial charge in [-0.1, -0.05) is 6.07 Å². The lowest BCUT2D eigenvalue weighted by molar-refractivity contribution is 0.311. The van der Waals surface area contributed by atoms with Gasteiger partial charge in [-0.25, -0.2) is 0 Å². The predicted octanol–water partition coefficient (Wildman–Crippen LogP) is 2.34. The SMILES string of the molecule is CCOc1ccc(/C=C(/C#N)c2[nH]nc(N)c2C#N)cc1OC. The number of rotatable bonds is 5. The second kappa shape index (κ2) is 7.01. The molecule has 0 unspecified atom stereocenters. The Kier molecular flexibility index (Phi) is 4.85. The number of H-pyrrole nitrogens is 1. The molecular formula is C16H15N5O2. The number of hydrogen-bond acceptors (Lipinski definition) is 6. The van der Waals surface area contributed by atoms with E-state index in [0.29, 0.717) is 23.8 Å². The van der Waals surface area contributed by atoms with Crippen LogP contribution in [0, 0.1) is 22.7 Å². The molecule has 0 saturated heterocycles. The summed E-state index contributed by atoms with van der Waals surface area (Å²) in [4.78, 5) is 0. The van der Waals surface area contributed by atoms with Crippen molar-refractivity contribution in [1.29, 1.82) is 10.5 Å². The third-order valence-corrected chi connectivity index (χ3v) is 3.09. The maximum atomic E-state index is 9.36. The van der Waals surface area contributed by atoms with E-state index in [1.54, 1.807) is 31.4 Å². The highest BCUT2D eigenvalue weighted by atomic mass is 16.5. The zero-order chi connectivity index (χ0) is 16.8. The highest BCUT2D eigenvalue weighted by Crippen LogP contribution is 2.30. The molecule has 0 bridgehead atoms. The van der Waals surface area contributed by atoms with Crippen molar-refractivity contribution in [1.82, 2.24) is 10.2 Å². The Morgan fingerprint density at radius 3 is 2.78 bits per heavy atom. The standard InChI is InChI=1S/C16H15N5O2/c1-3-23-13-5-4-10(7-14(13)22-2)6-11(8-17)15-12(9-18)16(19)21-20-15/h4-7H,3H2,1-2H3,(H3,19,20,21)/b11-6-. The quantitative estimate of drug-likeness (QED) is 0.818. The summed E-state index contributed by atoms with van der Waals surface area (Å²) in [5, 5.41) is 24.9. The monoisotopic (exact) mass is 309 g/mol. The minimum atomic E-state index is 0.0629. The van der Waals surface area contributed by atoms with Gasteiger partial charge in [0.25, 0.3) is 0 Å². The van der Waals surface area contributed by atoms with Crippen molar-refractivity contribution in [3.8, 4) is 23.6 Å². The molecular weight excluding hydrogens is 294 g/mol. The summed E-state index contributed by atoms with van der Waals surface area (Å²) >= 11 is 0. The van der Waals surface area contributed by atoms with Crippen molar-refractivity contribution in [2.24, 2.45) is 0 Å². The Bertz CT molecular complexity index is 824. The zero-order valence-corrected chi connectivity index (χ0v) is 12.8. The molecule has 0 saturated carbocycles. The van der Waals surface area contributed by atoms with E-state index in [2.05, 4.69) is 10.2 Å². The molecule has 0 aliphatic heterocycles. The highest BCUT2D eigenvalue weighted by molar-refractivity contribution is 5.91. The average molecular weight is 309 g/mol. The van der Waals surface area contributed by atoms with Crippen molar-refractivity contribution in [3.63, 3.8) is 0 Å². The lowest BCUT2D eigenvalue weighted by Crippen LogP contribution is -1.95. The molecule has 0 amide bonds. The molecule has 116 valence electrons. The van der Waals surface area contributed by atoms with E-state index in [1.165, 1.54) is 0 Å². The van der Waals surface area contributed by atoms with E-state index in [9.17, 15) is 5.26 Å². The van der Waals surface area contributed by atoms with Crippen LogP contribution in [0.2, 0.25) is 0 Å². The Morgan fingerprint density at radius 2 is 2.17 bits per heavy atom. The molecule has 0 aliphatic rings. The van der Waals surface area contributed by atoms with Crippen molar-refractivity contribution in [2.45, 2.75) is 6.92 Å². The van der Waals surface area contributed by atoms with Crippen LogP contribution in [-0.2, 0) is 0 Å². The lowest BCUT2D eigenvalue weighted by atomic mass is 10.1. The molecule has 1 aromatic carbocycles. The van der Waals surface area contributed by atoms with Crippen LogP contribution in [0.25, 0.3) is 11.6 Å². The number of nitrogens with two attached hydrogens (primary N) is 1. The Labute approximate surface area is 133 Å². The lowest BCUT2D eigenvalue weighted by Gasteiger charge is -2.09. The summed E-state index contributed by atoms with van der Waals surface area (Å²) in [5.74, 6) is 1.24. The van der Waals surface area contributed by atoms with Gasteiger partial charge in [0.15, 0.2) is 17.3 Å². The van der Waals surface area contributed by atoms with Crippen LogP contribution in [0.4, 0.5) is 5.82 Å². The van der Waals surface area contributed by atoms with E-state index in [0.717, 1.165) is 5.56 Å². The van der Waals surface area contributed by atoms with E-state index in [-0.39, 0.29) is 17.0 Å². The molecule has 1 aromatic heterocycles. The fourth-order valence-electron chi connectivity index (χ4n) is 2.04. The third-order valence-electron chi connectivity index (χ3n) is 3.09. The van der Waals surface area contributed by atoms with Crippen molar-refractivity contribution >= 4 is 17.5 Å². The summed E-state index contributed by atoms with van der Waals surface area (Å²) in [7, 11) is 1.54. The highest BCUT2D eigenvalue weighted by Gasteiger charge is 2.14. The first kappa shape index (κ1) is 15.9.